The van der Waals surface area contributed by atoms with E-state index in [9.17, 15) is 13.6 Å². The fourth-order valence-electron chi connectivity index (χ4n) is 1.45. The Balaban J connectivity index is 2.02. The third kappa shape index (κ3) is 3.88. The second-order valence-electron chi connectivity index (χ2n) is 3.79. The highest BCUT2D eigenvalue weighted by atomic mass is 79.9. The van der Waals surface area contributed by atoms with Gasteiger partial charge in [-0.15, -0.1) is 11.8 Å². The van der Waals surface area contributed by atoms with Crippen LogP contribution in [0, 0.1) is 11.6 Å². The van der Waals surface area contributed by atoms with Crippen LogP contribution in [0.2, 0.25) is 0 Å². The number of halogens is 3. The van der Waals surface area contributed by atoms with Gasteiger partial charge in [-0.25, -0.2) is 8.78 Å². The van der Waals surface area contributed by atoms with Crippen molar-refractivity contribution in [2.75, 3.05) is 5.75 Å². The minimum atomic E-state index is -0.645. The summed E-state index contributed by atoms with van der Waals surface area (Å²) in [5.74, 6) is -1.25. The van der Waals surface area contributed by atoms with E-state index in [2.05, 4.69) is 15.9 Å². The predicted octanol–water partition coefficient (Wildman–Crippen LogP) is 4.70. The number of benzene rings is 2. The molecule has 98 valence electrons. The Hall–Kier alpha value is -1.20. The average Bonchev–Trinajstić information content (AvgIpc) is 2.38. The van der Waals surface area contributed by atoms with Crippen molar-refractivity contribution in [2.24, 2.45) is 0 Å². The van der Waals surface area contributed by atoms with E-state index in [4.69, 9.17) is 0 Å². The zero-order chi connectivity index (χ0) is 13.8. The SMILES string of the molecule is O=C(CSc1ccc(F)cc1F)c1ccc(Br)cc1. The molecular formula is C14H9BrF2OS. The lowest BCUT2D eigenvalue weighted by atomic mass is 10.2. The summed E-state index contributed by atoms with van der Waals surface area (Å²) >= 11 is 4.34. The Morgan fingerprint density at radius 2 is 1.79 bits per heavy atom. The van der Waals surface area contributed by atoms with Crippen LogP contribution in [0.4, 0.5) is 8.78 Å². The molecule has 0 N–H and O–H groups in total. The highest BCUT2D eigenvalue weighted by molar-refractivity contribution is 9.10. The number of ketones is 1. The van der Waals surface area contributed by atoms with Crippen LogP contribution in [-0.2, 0) is 0 Å². The van der Waals surface area contributed by atoms with Crippen molar-refractivity contribution in [3.8, 4) is 0 Å². The molecule has 0 spiro atoms. The molecule has 0 bridgehead atoms. The smallest absolute Gasteiger partial charge is 0.173 e. The van der Waals surface area contributed by atoms with Crippen molar-refractivity contribution in [2.45, 2.75) is 4.90 Å². The molecule has 0 aliphatic carbocycles. The molecule has 0 amide bonds. The minimum Gasteiger partial charge on any atom is -0.293 e. The van der Waals surface area contributed by atoms with E-state index in [1.165, 1.54) is 12.1 Å². The first kappa shape index (κ1) is 14.2. The van der Waals surface area contributed by atoms with Gasteiger partial charge < -0.3 is 0 Å². The summed E-state index contributed by atoms with van der Waals surface area (Å²) in [6, 6.07) is 10.3. The number of Topliss-reactive ketones (excluding diaryl/α,β-unsaturated/α-hetero) is 1. The molecule has 0 unspecified atom stereocenters. The maximum absolute atomic E-state index is 13.4. The van der Waals surface area contributed by atoms with E-state index in [-0.39, 0.29) is 16.4 Å². The third-order valence-corrected chi connectivity index (χ3v) is 4.00. The Labute approximate surface area is 122 Å². The van der Waals surface area contributed by atoms with Crippen LogP contribution in [-0.4, -0.2) is 11.5 Å². The molecule has 0 aliphatic heterocycles. The van der Waals surface area contributed by atoms with Crippen LogP contribution >= 0.6 is 27.7 Å². The van der Waals surface area contributed by atoms with Gasteiger partial charge in [0.25, 0.3) is 0 Å². The first-order chi connectivity index (χ1) is 9.06. The number of carbonyl (C=O) groups is 1. The van der Waals surface area contributed by atoms with Gasteiger partial charge in [-0.1, -0.05) is 28.1 Å². The lowest BCUT2D eigenvalue weighted by Crippen LogP contribution is -2.02. The molecule has 0 heterocycles. The Kier molecular flexibility index (Phi) is 4.71. The van der Waals surface area contributed by atoms with E-state index in [0.717, 1.165) is 22.3 Å². The van der Waals surface area contributed by atoms with Crippen molar-refractivity contribution < 1.29 is 13.6 Å². The fraction of sp³-hybridized carbons (Fsp3) is 0.0714. The normalized spacial score (nSPS) is 10.5. The minimum absolute atomic E-state index is 0.0961. The lowest BCUT2D eigenvalue weighted by Gasteiger charge is -2.03. The number of thioether (sulfide) groups is 1. The lowest BCUT2D eigenvalue weighted by molar-refractivity contribution is 0.102. The summed E-state index contributed by atoms with van der Waals surface area (Å²) in [7, 11) is 0. The number of hydrogen-bond acceptors (Lipinski definition) is 2. The molecule has 2 rings (SSSR count). The van der Waals surface area contributed by atoms with Crippen LogP contribution in [0.1, 0.15) is 10.4 Å². The highest BCUT2D eigenvalue weighted by Gasteiger charge is 2.09. The summed E-state index contributed by atoms with van der Waals surface area (Å²) in [5, 5.41) is 0. The summed E-state index contributed by atoms with van der Waals surface area (Å²) in [5.41, 5.74) is 0.568. The van der Waals surface area contributed by atoms with Gasteiger partial charge in [-0.3, -0.25) is 4.79 Å². The molecule has 19 heavy (non-hydrogen) atoms. The van der Waals surface area contributed by atoms with E-state index in [1.807, 2.05) is 0 Å². The van der Waals surface area contributed by atoms with Crippen LogP contribution < -0.4 is 0 Å². The van der Waals surface area contributed by atoms with Gasteiger partial charge in [0, 0.05) is 21.0 Å². The summed E-state index contributed by atoms with van der Waals surface area (Å²) in [6.07, 6.45) is 0. The Morgan fingerprint density at radius 1 is 1.11 bits per heavy atom. The maximum Gasteiger partial charge on any atom is 0.173 e. The summed E-state index contributed by atoms with van der Waals surface area (Å²) in [6.45, 7) is 0. The zero-order valence-corrected chi connectivity index (χ0v) is 12.1. The molecule has 2 aromatic carbocycles. The van der Waals surface area contributed by atoms with E-state index in [0.29, 0.717) is 5.56 Å². The van der Waals surface area contributed by atoms with Gasteiger partial charge in [0.15, 0.2) is 5.78 Å². The van der Waals surface area contributed by atoms with Crippen molar-refractivity contribution in [3.05, 3.63) is 64.1 Å². The summed E-state index contributed by atoms with van der Waals surface area (Å²) < 4.78 is 27.0. The van der Waals surface area contributed by atoms with E-state index in [1.54, 1.807) is 24.3 Å². The second kappa shape index (κ2) is 6.30. The number of rotatable bonds is 4. The molecule has 0 radical (unpaired) electrons. The molecule has 2 aromatic rings. The fourth-order valence-corrected chi connectivity index (χ4v) is 2.53. The van der Waals surface area contributed by atoms with Crippen LogP contribution in [0.25, 0.3) is 0 Å². The molecule has 0 saturated heterocycles. The zero-order valence-electron chi connectivity index (χ0n) is 9.70. The van der Waals surface area contributed by atoms with Gasteiger partial charge >= 0.3 is 0 Å². The number of hydrogen-bond donors (Lipinski definition) is 0. The van der Waals surface area contributed by atoms with Crippen LogP contribution in [0.15, 0.2) is 51.8 Å². The van der Waals surface area contributed by atoms with Crippen LogP contribution in [0.3, 0.4) is 0 Å². The van der Waals surface area contributed by atoms with Crippen molar-refractivity contribution in [3.63, 3.8) is 0 Å². The van der Waals surface area contributed by atoms with Gasteiger partial charge in [0.1, 0.15) is 11.6 Å². The van der Waals surface area contributed by atoms with Crippen LogP contribution in [0.5, 0.6) is 0 Å². The predicted molar refractivity (Wildman–Crippen MR) is 75.6 cm³/mol. The van der Waals surface area contributed by atoms with Crippen molar-refractivity contribution in [1.29, 1.82) is 0 Å². The molecule has 0 saturated carbocycles. The number of carbonyl (C=O) groups excluding carboxylic acids is 1. The first-order valence-corrected chi connectivity index (χ1v) is 7.21. The second-order valence-corrected chi connectivity index (χ2v) is 5.73. The van der Waals surface area contributed by atoms with Gasteiger partial charge in [-0.2, -0.15) is 0 Å². The molecular weight excluding hydrogens is 334 g/mol. The van der Waals surface area contributed by atoms with Crippen molar-refractivity contribution >= 4 is 33.5 Å². The van der Waals surface area contributed by atoms with Crippen molar-refractivity contribution in [1.82, 2.24) is 0 Å². The average molecular weight is 343 g/mol. The molecule has 0 aromatic heterocycles. The highest BCUT2D eigenvalue weighted by Crippen LogP contribution is 2.23. The molecule has 5 heteroatoms. The van der Waals surface area contributed by atoms with Gasteiger partial charge in [0.2, 0.25) is 0 Å². The molecule has 0 aliphatic rings. The first-order valence-electron chi connectivity index (χ1n) is 5.43. The molecule has 0 fully saturated rings. The van der Waals surface area contributed by atoms with E-state index >= 15 is 0 Å². The quantitative estimate of drug-likeness (QED) is 0.591. The topological polar surface area (TPSA) is 17.1 Å². The third-order valence-electron chi connectivity index (χ3n) is 2.42. The standard InChI is InChI=1S/C14H9BrF2OS/c15-10-3-1-9(2-4-10)13(18)8-19-14-6-5-11(16)7-12(14)17/h1-7H,8H2. The largest absolute Gasteiger partial charge is 0.293 e. The summed E-state index contributed by atoms with van der Waals surface area (Å²) in [4.78, 5) is 12.1. The Bertz CT molecular complexity index is 599. The maximum atomic E-state index is 13.4. The van der Waals surface area contributed by atoms with Gasteiger partial charge in [-0.05, 0) is 24.3 Å². The molecule has 0 atom stereocenters. The van der Waals surface area contributed by atoms with E-state index < -0.39 is 11.6 Å². The Morgan fingerprint density at radius 3 is 2.42 bits per heavy atom. The van der Waals surface area contributed by atoms with Gasteiger partial charge in [0.05, 0.1) is 5.75 Å². The molecule has 1 nitrogen and oxygen atoms in total. The monoisotopic (exact) mass is 342 g/mol.